The molecule has 4 rings (SSSR count). The van der Waals surface area contributed by atoms with Crippen molar-refractivity contribution >= 4 is 34.0 Å². The predicted octanol–water partition coefficient (Wildman–Crippen LogP) is 5.11. The summed E-state index contributed by atoms with van der Waals surface area (Å²) in [5.74, 6) is 2.14. The highest BCUT2D eigenvalue weighted by Crippen LogP contribution is 2.57. The largest absolute Gasteiger partial charge is 0.481 e. The molecule has 22 heavy (non-hydrogen) atoms. The zero-order chi connectivity index (χ0) is 15.3. The van der Waals surface area contributed by atoms with Gasteiger partial charge in [-0.05, 0) is 89.9 Å². The van der Waals surface area contributed by atoms with Crippen molar-refractivity contribution in [3.63, 3.8) is 0 Å². The number of benzene rings is 1. The molecule has 114 valence electrons. The van der Waals surface area contributed by atoms with Gasteiger partial charge in [-0.15, -0.1) is 0 Å². The lowest BCUT2D eigenvalue weighted by Gasteiger charge is -2.21. The monoisotopic (exact) mass is 406 g/mol. The average molecular weight is 406 g/mol. The third-order valence-electron chi connectivity index (χ3n) is 5.00. The molecule has 0 aliphatic heterocycles. The van der Waals surface area contributed by atoms with E-state index in [1.807, 2.05) is 6.20 Å². The average Bonchev–Trinajstić information content (AvgIpc) is 3.13. The van der Waals surface area contributed by atoms with E-state index in [2.05, 4.69) is 58.0 Å². The number of ether oxygens (including phenoxy) is 1. The number of nitrogens with zero attached hydrogens (tertiary/aromatic N) is 1. The van der Waals surface area contributed by atoms with Crippen molar-refractivity contribution in [2.45, 2.75) is 38.0 Å². The van der Waals surface area contributed by atoms with Gasteiger partial charge in [0.25, 0.3) is 0 Å². The van der Waals surface area contributed by atoms with E-state index in [1.165, 1.54) is 39.5 Å². The van der Waals surface area contributed by atoms with Crippen LogP contribution in [-0.4, -0.2) is 12.1 Å². The number of aromatic nitrogens is 1. The van der Waals surface area contributed by atoms with Crippen molar-refractivity contribution in [3.05, 3.63) is 44.7 Å². The minimum atomic E-state index is 0.641. The van der Waals surface area contributed by atoms with Crippen LogP contribution in [0.25, 0.3) is 0 Å². The molecule has 2 aliphatic carbocycles. The Morgan fingerprint density at radius 2 is 2.00 bits per heavy atom. The standard InChI is InChI=1S/C18H19IN2O/c1-10-7-13(5-6-14(10)19)21-15-9-20-18(22-2)17-12-4-3-11(8-12)16(15)17/h5-7,9,11-12,21H,3-4,8H2,1-2H3. The fourth-order valence-corrected chi connectivity index (χ4v) is 4.34. The third kappa shape index (κ3) is 2.19. The second-order valence-electron chi connectivity index (χ2n) is 6.30. The maximum Gasteiger partial charge on any atom is 0.216 e. The van der Waals surface area contributed by atoms with E-state index in [4.69, 9.17) is 4.74 Å². The molecule has 2 bridgehead atoms. The van der Waals surface area contributed by atoms with E-state index in [0.717, 1.165) is 17.3 Å². The summed E-state index contributed by atoms with van der Waals surface area (Å²) in [6, 6.07) is 6.49. The molecule has 1 aromatic heterocycles. The Bertz CT molecular complexity index is 744. The minimum Gasteiger partial charge on any atom is -0.481 e. The van der Waals surface area contributed by atoms with Crippen molar-refractivity contribution in [2.75, 3.05) is 12.4 Å². The van der Waals surface area contributed by atoms with Crippen molar-refractivity contribution < 1.29 is 4.74 Å². The molecule has 1 heterocycles. The molecule has 2 atom stereocenters. The SMILES string of the molecule is COc1ncc(Nc2ccc(I)c(C)c2)c2c1C1CCC2C1. The lowest BCUT2D eigenvalue weighted by atomic mass is 9.91. The molecule has 1 fully saturated rings. The number of hydrogen-bond donors (Lipinski definition) is 1. The zero-order valence-corrected chi connectivity index (χ0v) is 15.0. The van der Waals surface area contributed by atoms with Crippen LogP contribution >= 0.6 is 22.6 Å². The normalized spacial score (nSPS) is 21.8. The first-order valence-electron chi connectivity index (χ1n) is 7.77. The molecule has 2 aliphatic rings. The van der Waals surface area contributed by atoms with Gasteiger partial charge in [0, 0.05) is 14.8 Å². The van der Waals surface area contributed by atoms with Crippen LogP contribution in [0, 0.1) is 10.5 Å². The summed E-state index contributed by atoms with van der Waals surface area (Å²) in [4.78, 5) is 4.54. The fraction of sp³-hybridized carbons (Fsp3) is 0.389. The second-order valence-corrected chi connectivity index (χ2v) is 7.47. The van der Waals surface area contributed by atoms with Crippen LogP contribution in [0.2, 0.25) is 0 Å². The lowest BCUT2D eigenvalue weighted by molar-refractivity contribution is 0.388. The van der Waals surface area contributed by atoms with Crippen LogP contribution in [0.1, 0.15) is 47.8 Å². The second kappa shape index (κ2) is 5.41. The van der Waals surface area contributed by atoms with Gasteiger partial charge in [-0.25, -0.2) is 4.98 Å². The first kappa shape index (κ1) is 14.3. The molecule has 1 aromatic carbocycles. The summed E-state index contributed by atoms with van der Waals surface area (Å²) in [6.07, 6.45) is 5.77. The van der Waals surface area contributed by atoms with Gasteiger partial charge in [-0.1, -0.05) is 0 Å². The molecular weight excluding hydrogens is 387 g/mol. The number of rotatable bonds is 3. The molecule has 0 saturated heterocycles. The molecule has 2 unspecified atom stereocenters. The van der Waals surface area contributed by atoms with Crippen LogP contribution in [0.3, 0.4) is 0 Å². The van der Waals surface area contributed by atoms with Crippen LogP contribution in [0.15, 0.2) is 24.4 Å². The van der Waals surface area contributed by atoms with Gasteiger partial charge in [0.15, 0.2) is 0 Å². The Morgan fingerprint density at radius 1 is 1.23 bits per heavy atom. The molecule has 1 saturated carbocycles. The highest BCUT2D eigenvalue weighted by molar-refractivity contribution is 14.1. The van der Waals surface area contributed by atoms with Gasteiger partial charge in [0.1, 0.15) is 0 Å². The molecule has 3 nitrogen and oxygen atoms in total. The number of halogens is 1. The van der Waals surface area contributed by atoms with Gasteiger partial charge >= 0.3 is 0 Å². The van der Waals surface area contributed by atoms with Crippen LogP contribution < -0.4 is 10.1 Å². The van der Waals surface area contributed by atoms with E-state index in [-0.39, 0.29) is 0 Å². The molecule has 1 N–H and O–H groups in total. The lowest BCUT2D eigenvalue weighted by Crippen LogP contribution is -2.07. The number of methoxy groups -OCH3 is 1. The van der Waals surface area contributed by atoms with Gasteiger partial charge in [-0.2, -0.15) is 0 Å². The number of aryl methyl sites for hydroxylation is 1. The summed E-state index contributed by atoms with van der Waals surface area (Å²) < 4.78 is 6.80. The topological polar surface area (TPSA) is 34.1 Å². The van der Waals surface area contributed by atoms with Gasteiger partial charge in [-0.3, -0.25) is 0 Å². The molecule has 0 spiro atoms. The first-order valence-corrected chi connectivity index (χ1v) is 8.85. The Morgan fingerprint density at radius 3 is 2.73 bits per heavy atom. The maximum atomic E-state index is 5.51. The number of anilines is 2. The number of hydrogen-bond acceptors (Lipinski definition) is 3. The highest BCUT2D eigenvalue weighted by Gasteiger charge is 2.41. The van der Waals surface area contributed by atoms with E-state index < -0.39 is 0 Å². The Balaban J connectivity index is 1.75. The fourth-order valence-electron chi connectivity index (χ4n) is 4.00. The quantitative estimate of drug-likeness (QED) is 0.720. The van der Waals surface area contributed by atoms with E-state index in [1.54, 1.807) is 7.11 Å². The van der Waals surface area contributed by atoms with Crippen molar-refractivity contribution in [3.8, 4) is 5.88 Å². The number of fused-ring (bicyclic) bond motifs is 5. The van der Waals surface area contributed by atoms with Crippen LogP contribution in [-0.2, 0) is 0 Å². The zero-order valence-electron chi connectivity index (χ0n) is 12.8. The van der Waals surface area contributed by atoms with E-state index >= 15 is 0 Å². The Kier molecular flexibility index (Phi) is 3.51. The number of nitrogens with one attached hydrogen (secondary N) is 1. The molecule has 0 amide bonds. The third-order valence-corrected chi connectivity index (χ3v) is 6.21. The van der Waals surface area contributed by atoms with E-state index in [9.17, 15) is 0 Å². The predicted molar refractivity (Wildman–Crippen MR) is 97.3 cm³/mol. The Hall–Kier alpha value is -1.30. The van der Waals surface area contributed by atoms with Crippen molar-refractivity contribution in [1.82, 2.24) is 4.98 Å². The number of pyridine rings is 1. The summed E-state index contributed by atoms with van der Waals surface area (Å²) in [7, 11) is 1.73. The Labute approximate surface area is 144 Å². The van der Waals surface area contributed by atoms with Crippen LogP contribution in [0.4, 0.5) is 11.4 Å². The molecule has 4 heteroatoms. The maximum absolute atomic E-state index is 5.51. The molecule has 2 aromatic rings. The molecular formula is C18H19IN2O. The smallest absolute Gasteiger partial charge is 0.216 e. The van der Waals surface area contributed by atoms with Crippen LogP contribution in [0.5, 0.6) is 5.88 Å². The minimum absolute atomic E-state index is 0.641. The molecule has 0 radical (unpaired) electrons. The summed E-state index contributed by atoms with van der Waals surface area (Å²) >= 11 is 2.37. The van der Waals surface area contributed by atoms with Gasteiger partial charge < -0.3 is 10.1 Å². The van der Waals surface area contributed by atoms with Gasteiger partial charge in [0.05, 0.1) is 19.0 Å². The van der Waals surface area contributed by atoms with Gasteiger partial charge in [0.2, 0.25) is 5.88 Å². The summed E-state index contributed by atoms with van der Waals surface area (Å²) in [5, 5.41) is 3.59. The van der Waals surface area contributed by atoms with E-state index in [0.29, 0.717) is 11.8 Å². The summed E-state index contributed by atoms with van der Waals surface area (Å²) in [6.45, 7) is 2.14. The van der Waals surface area contributed by atoms with Crippen molar-refractivity contribution in [2.24, 2.45) is 0 Å². The summed E-state index contributed by atoms with van der Waals surface area (Å²) in [5.41, 5.74) is 6.38. The van der Waals surface area contributed by atoms with Crippen molar-refractivity contribution in [1.29, 1.82) is 0 Å². The highest BCUT2D eigenvalue weighted by atomic mass is 127. The first-order chi connectivity index (χ1) is 10.7.